The normalized spacial score (nSPS) is 18.8. The number of hydrogen-bond acceptors (Lipinski definition) is 7. The summed E-state index contributed by atoms with van der Waals surface area (Å²) in [6.07, 6.45) is 3.00. The molecule has 5 rings (SSSR count). The summed E-state index contributed by atoms with van der Waals surface area (Å²) in [6.45, 7) is 3.86. The fraction of sp³-hybridized carbons (Fsp3) is 0.357. The molecule has 2 aliphatic heterocycles. The Hall–Kier alpha value is -3.63. The minimum atomic E-state index is -3.48. The molecule has 3 heterocycles. The number of likely N-dealkylation sites (N-methyl/N-ethyl adjacent to an activating group) is 1. The number of aromatic nitrogens is 1. The molecule has 1 amide bonds. The third-order valence-electron chi connectivity index (χ3n) is 7.18. The van der Waals surface area contributed by atoms with Crippen molar-refractivity contribution in [3.05, 3.63) is 60.7 Å². The third kappa shape index (κ3) is 5.32. The van der Waals surface area contributed by atoms with Gasteiger partial charge in [-0.15, -0.1) is 0 Å². The maximum Gasteiger partial charge on any atom is 0.249 e. The van der Waals surface area contributed by atoms with Gasteiger partial charge in [0.1, 0.15) is 17.5 Å². The summed E-state index contributed by atoms with van der Waals surface area (Å²) in [5.74, 6) is 1.99. The van der Waals surface area contributed by atoms with Gasteiger partial charge in [0.05, 0.1) is 17.6 Å². The number of pyridine rings is 1. The summed E-state index contributed by atoms with van der Waals surface area (Å²) >= 11 is 0. The van der Waals surface area contributed by atoms with Gasteiger partial charge in [-0.05, 0) is 82.4 Å². The van der Waals surface area contributed by atoms with E-state index in [0.717, 1.165) is 43.7 Å². The van der Waals surface area contributed by atoms with Crippen molar-refractivity contribution in [1.29, 1.82) is 0 Å². The molecule has 9 nitrogen and oxygen atoms in total. The Morgan fingerprint density at radius 2 is 1.71 bits per heavy atom. The van der Waals surface area contributed by atoms with E-state index in [4.69, 9.17) is 9.72 Å². The molecule has 1 fully saturated rings. The van der Waals surface area contributed by atoms with Crippen LogP contribution in [-0.2, 0) is 14.8 Å². The highest BCUT2D eigenvalue weighted by molar-refractivity contribution is 7.92. The molecule has 0 bridgehead atoms. The lowest BCUT2D eigenvalue weighted by Gasteiger charge is -2.46. The average molecular weight is 536 g/mol. The third-order valence-corrected chi connectivity index (χ3v) is 7.78. The summed E-state index contributed by atoms with van der Waals surface area (Å²) in [4.78, 5) is 24.4. The van der Waals surface area contributed by atoms with E-state index in [1.54, 1.807) is 30.1 Å². The molecule has 0 radical (unpaired) electrons. The number of sulfonamides is 1. The topological polar surface area (TPSA) is 95.1 Å². The number of hydrogen-bond donors (Lipinski definition) is 1. The lowest BCUT2D eigenvalue weighted by Crippen LogP contribution is -2.57. The van der Waals surface area contributed by atoms with Crippen LogP contribution in [0.4, 0.5) is 17.2 Å². The van der Waals surface area contributed by atoms with Crippen LogP contribution in [0.5, 0.6) is 11.5 Å². The van der Waals surface area contributed by atoms with Crippen LogP contribution in [0, 0.1) is 0 Å². The number of carbonyl (C=O) groups is 1. The Kier molecular flexibility index (Phi) is 7.02. The van der Waals surface area contributed by atoms with Crippen LogP contribution in [0.1, 0.15) is 19.8 Å². The average Bonchev–Trinajstić information content (AvgIpc) is 2.89. The van der Waals surface area contributed by atoms with Crippen LogP contribution in [0.25, 0.3) is 11.3 Å². The van der Waals surface area contributed by atoms with Crippen molar-refractivity contribution in [3.8, 4) is 22.8 Å². The zero-order valence-corrected chi connectivity index (χ0v) is 22.9. The summed E-state index contributed by atoms with van der Waals surface area (Å²) in [5, 5.41) is 0. The van der Waals surface area contributed by atoms with Crippen molar-refractivity contribution in [2.45, 2.75) is 31.8 Å². The predicted molar refractivity (Wildman–Crippen MR) is 151 cm³/mol. The number of nitrogens with one attached hydrogen (secondary N) is 1. The van der Waals surface area contributed by atoms with E-state index in [0.29, 0.717) is 28.4 Å². The van der Waals surface area contributed by atoms with Crippen molar-refractivity contribution in [2.24, 2.45) is 0 Å². The van der Waals surface area contributed by atoms with Gasteiger partial charge in [-0.3, -0.25) is 9.52 Å². The second kappa shape index (κ2) is 10.3. The largest absolute Gasteiger partial charge is 0.457 e. The number of rotatable bonds is 6. The van der Waals surface area contributed by atoms with E-state index in [9.17, 15) is 13.2 Å². The number of piperidine rings is 1. The van der Waals surface area contributed by atoms with E-state index in [1.165, 1.54) is 0 Å². The van der Waals surface area contributed by atoms with Crippen LogP contribution in [0.15, 0.2) is 60.7 Å². The fourth-order valence-corrected chi connectivity index (χ4v) is 5.77. The minimum absolute atomic E-state index is 0.0402. The Balaban J connectivity index is 1.62. The molecule has 3 aromatic rings. The van der Waals surface area contributed by atoms with E-state index in [2.05, 4.69) is 21.6 Å². The van der Waals surface area contributed by atoms with Crippen molar-refractivity contribution in [1.82, 2.24) is 9.88 Å². The van der Waals surface area contributed by atoms with Gasteiger partial charge in [0, 0.05) is 24.3 Å². The van der Waals surface area contributed by atoms with Gasteiger partial charge in [-0.1, -0.05) is 18.2 Å². The molecule has 1 saturated heterocycles. The molecule has 1 aromatic heterocycles. The molecule has 0 saturated carbocycles. The van der Waals surface area contributed by atoms with Crippen molar-refractivity contribution in [2.75, 3.05) is 48.0 Å². The van der Waals surface area contributed by atoms with Crippen LogP contribution >= 0.6 is 0 Å². The van der Waals surface area contributed by atoms with Gasteiger partial charge in [0.2, 0.25) is 15.9 Å². The lowest BCUT2D eigenvalue weighted by molar-refractivity contribution is -0.119. The van der Waals surface area contributed by atoms with Gasteiger partial charge in [-0.2, -0.15) is 0 Å². The fourth-order valence-electron chi connectivity index (χ4n) is 5.22. The molecule has 10 heteroatoms. The zero-order valence-electron chi connectivity index (χ0n) is 22.1. The Morgan fingerprint density at radius 1 is 1.00 bits per heavy atom. The highest BCUT2D eigenvalue weighted by Gasteiger charge is 2.39. The van der Waals surface area contributed by atoms with Crippen molar-refractivity contribution >= 4 is 33.1 Å². The molecular weight excluding hydrogens is 502 g/mol. The van der Waals surface area contributed by atoms with Crippen LogP contribution < -0.4 is 19.3 Å². The van der Waals surface area contributed by atoms with Gasteiger partial charge < -0.3 is 19.4 Å². The number of nitrogens with zero attached hydrogens (tertiary/aromatic N) is 4. The Morgan fingerprint density at radius 3 is 2.39 bits per heavy atom. The zero-order chi connectivity index (χ0) is 27.0. The molecule has 38 heavy (non-hydrogen) atoms. The minimum Gasteiger partial charge on any atom is -0.457 e. The van der Waals surface area contributed by atoms with E-state index in [-0.39, 0.29) is 18.0 Å². The highest BCUT2D eigenvalue weighted by Crippen LogP contribution is 2.41. The Labute approximate surface area is 224 Å². The van der Waals surface area contributed by atoms with Crippen LogP contribution in [0.2, 0.25) is 0 Å². The standard InChI is InChI=1S/C28H33N5O4S/c1-19-28(34)32(3)25-12-11-24(29-27(25)33(19)21-14-16-31(2)17-15-21)23-18-20(30-38(4,35)36)10-13-26(23)37-22-8-6-5-7-9-22/h5-13,18-19,21,30H,14-17H2,1-4H3/t19-/m1/s1. The number of likely N-dealkylation sites (tertiary alicyclic amines) is 1. The summed E-state index contributed by atoms with van der Waals surface area (Å²) in [6, 6.07) is 18.1. The monoisotopic (exact) mass is 535 g/mol. The number of amides is 1. The predicted octanol–water partition coefficient (Wildman–Crippen LogP) is 4.18. The molecular formula is C28H33N5O4S. The molecule has 0 unspecified atom stereocenters. The molecule has 200 valence electrons. The van der Waals surface area contributed by atoms with E-state index >= 15 is 0 Å². The molecule has 0 spiro atoms. The number of ether oxygens (including phenoxy) is 1. The number of carbonyl (C=O) groups excluding carboxylic acids is 1. The second-order valence-electron chi connectivity index (χ2n) is 10.1. The summed E-state index contributed by atoms with van der Waals surface area (Å²) in [7, 11) is 0.421. The number of para-hydroxylation sites is 1. The smallest absolute Gasteiger partial charge is 0.249 e. The van der Waals surface area contributed by atoms with Gasteiger partial charge in [0.25, 0.3) is 0 Å². The highest BCUT2D eigenvalue weighted by atomic mass is 32.2. The maximum atomic E-state index is 13.2. The molecule has 1 atom stereocenters. The summed E-state index contributed by atoms with van der Waals surface area (Å²) < 4.78 is 32.7. The SMILES string of the molecule is C[C@@H]1C(=O)N(C)c2ccc(-c3cc(NS(C)(=O)=O)ccc3Oc3ccccc3)nc2N1C1CCN(C)CC1. The first-order chi connectivity index (χ1) is 18.1. The van der Waals surface area contributed by atoms with Crippen LogP contribution in [-0.4, -0.2) is 69.7 Å². The maximum absolute atomic E-state index is 13.2. The quantitative estimate of drug-likeness (QED) is 0.506. The van der Waals surface area contributed by atoms with E-state index in [1.807, 2.05) is 49.4 Å². The molecule has 1 N–H and O–H groups in total. The van der Waals surface area contributed by atoms with Crippen LogP contribution in [0.3, 0.4) is 0 Å². The first-order valence-electron chi connectivity index (χ1n) is 12.7. The molecule has 2 aromatic carbocycles. The van der Waals surface area contributed by atoms with Gasteiger partial charge in [0.15, 0.2) is 5.82 Å². The number of anilines is 3. The second-order valence-corrected chi connectivity index (χ2v) is 11.8. The van der Waals surface area contributed by atoms with E-state index < -0.39 is 10.0 Å². The van der Waals surface area contributed by atoms with Crippen molar-refractivity contribution < 1.29 is 17.9 Å². The molecule has 0 aliphatic carbocycles. The lowest BCUT2D eigenvalue weighted by atomic mass is 9.98. The first kappa shape index (κ1) is 26.0. The van der Waals surface area contributed by atoms with Gasteiger partial charge in [-0.25, -0.2) is 13.4 Å². The Bertz CT molecular complexity index is 1440. The first-order valence-corrected chi connectivity index (χ1v) is 14.6. The summed E-state index contributed by atoms with van der Waals surface area (Å²) in [5.41, 5.74) is 2.43. The molecule has 2 aliphatic rings. The number of fused-ring (bicyclic) bond motifs is 1. The number of benzene rings is 2. The van der Waals surface area contributed by atoms with Gasteiger partial charge >= 0.3 is 0 Å². The van der Waals surface area contributed by atoms with Crippen molar-refractivity contribution in [3.63, 3.8) is 0 Å².